The number of carbonyl (C=O) groups is 1. The van der Waals surface area contributed by atoms with Gasteiger partial charge in [-0.2, -0.15) is 0 Å². The third-order valence-corrected chi connectivity index (χ3v) is 4.65. The van der Waals surface area contributed by atoms with E-state index >= 15 is 0 Å². The number of pyridine rings is 1. The van der Waals surface area contributed by atoms with E-state index in [9.17, 15) is 4.79 Å². The van der Waals surface area contributed by atoms with Crippen LogP contribution in [-0.4, -0.2) is 28.4 Å². The average Bonchev–Trinajstić information content (AvgIpc) is 2.54. The zero-order valence-corrected chi connectivity index (χ0v) is 11.7. The Morgan fingerprint density at radius 3 is 2.80 bits per heavy atom. The Labute approximate surface area is 119 Å². The third kappa shape index (κ3) is 2.50. The molecule has 1 saturated carbocycles. The molecule has 2 fully saturated rings. The number of fused-ring (bicyclic) bond motifs is 1. The summed E-state index contributed by atoms with van der Waals surface area (Å²) in [6, 6.07) is 3.98. The van der Waals surface area contributed by atoms with Gasteiger partial charge in [0.05, 0.1) is 11.9 Å². The molecule has 1 aromatic heterocycles. The van der Waals surface area contributed by atoms with Gasteiger partial charge in [-0.05, 0) is 43.7 Å². The number of nitrogens with zero attached hydrogens (tertiary/aromatic N) is 2. The second-order valence-electron chi connectivity index (χ2n) is 5.83. The fourth-order valence-corrected chi connectivity index (χ4v) is 3.63. The molecule has 2 aliphatic rings. The third-order valence-electron chi connectivity index (χ3n) is 4.65. The highest BCUT2D eigenvalue weighted by molar-refractivity contribution is 5.92. The molecular formula is C15H22N4O. The van der Waals surface area contributed by atoms with E-state index in [1.165, 1.54) is 25.7 Å². The van der Waals surface area contributed by atoms with E-state index in [4.69, 9.17) is 5.84 Å². The summed E-state index contributed by atoms with van der Waals surface area (Å²) in [5.41, 5.74) is 3.77. The van der Waals surface area contributed by atoms with Gasteiger partial charge in [0.25, 0.3) is 5.91 Å². The number of nitrogen functional groups attached to an aromatic ring is 1. The van der Waals surface area contributed by atoms with Gasteiger partial charge in [0.1, 0.15) is 5.69 Å². The zero-order chi connectivity index (χ0) is 13.9. The van der Waals surface area contributed by atoms with Crippen molar-refractivity contribution < 1.29 is 4.79 Å². The Morgan fingerprint density at radius 1 is 1.25 bits per heavy atom. The Morgan fingerprint density at radius 2 is 2.05 bits per heavy atom. The molecule has 1 amide bonds. The van der Waals surface area contributed by atoms with E-state index in [-0.39, 0.29) is 5.91 Å². The van der Waals surface area contributed by atoms with Crippen LogP contribution in [0.2, 0.25) is 0 Å². The quantitative estimate of drug-likeness (QED) is 0.640. The van der Waals surface area contributed by atoms with Crippen LogP contribution in [-0.2, 0) is 0 Å². The molecule has 0 aromatic carbocycles. The Kier molecular flexibility index (Phi) is 3.87. The van der Waals surface area contributed by atoms with Crippen LogP contribution in [0.4, 0.5) is 5.69 Å². The monoisotopic (exact) mass is 274 g/mol. The first-order chi connectivity index (χ1) is 9.79. The van der Waals surface area contributed by atoms with Gasteiger partial charge in [-0.25, -0.2) is 4.98 Å². The molecule has 1 aliphatic heterocycles. The highest BCUT2D eigenvalue weighted by Gasteiger charge is 2.36. The number of piperidine rings is 1. The molecule has 1 saturated heterocycles. The first-order valence-electron chi connectivity index (χ1n) is 7.53. The summed E-state index contributed by atoms with van der Waals surface area (Å²) in [5.74, 6) is 6.10. The Hall–Kier alpha value is -1.62. The predicted octanol–water partition coefficient (Wildman–Crippen LogP) is 2.16. The van der Waals surface area contributed by atoms with Crippen molar-refractivity contribution in [2.24, 2.45) is 11.8 Å². The Bertz CT molecular complexity index is 471. The number of nitrogens with two attached hydrogens (primary N) is 1. The van der Waals surface area contributed by atoms with Crippen molar-refractivity contribution in [1.29, 1.82) is 0 Å². The first kappa shape index (κ1) is 13.4. The smallest absolute Gasteiger partial charge is 0.272 e. The number of carbonyl (C=O) groups excluding carboxylic acids is 1. The normalized spacial score (nSPS) is 25.9. The molecule has 5 nitrogen and oxygen atoms in total. The summed E-state index contributed by atoms with van der Waals surface area (Å²) in [7, 11) is 0. The molecule has 3 rings (SSSR count). The van der Waals surface area contributed by atoms with Gasteiger partial charge in [0.15, 0.2) is 0 Å². The van der Waals surface area contributed by atoms with Crippen molar-refractivity contribution in [3.8, 4) is 0 Å². The van der Waals surface area contributed by atoms with Crippen LogP contribution in [0.1, 0.15) is 49.0 Å². The highest BCUT2D eigenvalue weighted by Crippen LogP contribution is 2.35. The molecule has 3 N–H and O–H groups in total. The summed E-state index contributed by atoms with van der Waals surface area (Å²) >= 11 is 0. The van der Waals surface area contributed by atoms with Gasteiger partial charge in [-0.3, -0.25) is 10.6 Å². The minimum Gasteiger partial charge on any atom is -0.334 e. The Balaban J connectivity index is 1.77. The second kappa shape index (κ2) is 5.79. The molecule has 2 atom stereocenters. The maximum atomic E-state index is 12.7. The van der Waals surface area contributed by atoms with Crippen LogP contribution < -0.4 is 11.3 Å². The van der Waals surface area contributed by atoms with Gasteiger partial charge >= 0.3 is 0 Å². The van der Waals surface area contributed by atoms with Gasteiger partial charge < -0.3 is 10.3 Å². The second-order valence-corrected chi connectivity index (χ2v) is 5.83. The molecule has 0 bridgehead atoms. The van der Waals surface area contributed by atoms with Crippen molar-refractivity contribution in [3.63, 3.8) is 0 Å². The molecule has 0 radical (unpaired) electrons. The predicted molar refractivity (Wildman–Crippen MR) is 78.1 cm³/mol. The molecule has 0 spiro atoms. The molecule has 108 valence electrons. The molecule has 5 heteroatoms. The van der Waals surface area contributed by atoms with E-state index in [1.54, 1.807) is 18.3 Å². The molecular weight excluding hydrogens is 252 g/mol. The minimum absolute atomic E-state index is 0.0742. The number of amides is 1. The van der Waals surface area contributed by atoms with E-state index in [0.717, 1.165) is 25.1 Å². The zero-order valence-electron chi connectivity index (χ0n) is 11.7. The fraction of sp³-hybridized carbons (Fsp3) is 0.600. The average molecular weight is 274 g/mol. The van der Waals surface area contributed by atoms with Gasteiger partial charge in [-0.15, -0.1) is 0 Å². The summed E-state index contributed by atoms with van der Waals surface area (Å²) in [6.45, 7) is 0.874. The van der Waals surface area contributed by atoms with E-state index in [0.29, 0.717) is 17.7 Å². The van der Waals surface area contributed by atoms with Crippen LogP contribution in [0, 0.1) is 5.92 Å². The maximum Gasteiger partial charge on any atom is 0.272 e. The van der Waals surface area contributed by atoms with Crippen LogP contribution in [0.3, 0.4) is 0 Å². The number of hydrogen-bond acceptors (Lipinski definition) is 4. The van der Waals surface area contributed by atoms with E-state index < -0.39 is 0 Å². The number of hydrazine groups is 1. The lowest BCUT2D eigenvalue weighted by atomic mass is 9.78. The number of anilines is 1. The molecule has 2 unspecified atom stereocenters. The number of hydrogen-bond donors (Lipinski definition) is 2. The molecule has 1 aliphatic carbocycles. The molecule has 1 aromatic rings. The van der Waals surface area contributed by atoms with Gasteiger partial charge in [-0.1, -0.05) is 12.8 Å². The maximum absolute atomic E-state index is 12.7. The van der Waals surface area contributed by atoms with Crippen molar-refractivity contribution in [2.75, 3.05) is 12.0 Å². The van der Waals surface area contributed by atoms with Crippen molar-refractivity contribution >= 4 is 11.6 Å². The lowest BCUT2D eigenvalue weighted by Gasteiger charge is -2.44. The van der Waals surface area contributed by atoms with Gasteiger partial charge in [0.2, 0.25) is 0 Å². The topological polar surface area (TPSA) is 71.2 Å². The summed E-state index contributed by atoms with van der Waals surface area (Å²) < 4.78 is 0. The lowest BCUT2D eigenvalue weighted by molar-refractivity contribution is 0.0385. The summed E-state index contributed by atoms with van der Waals surface area (Å²) in [6.07, 6.45) is 8.99. The van der Waals surface area contributed by atoms with Crippen molar-refractivity contribution in [1.82, 2.24) is 9.88 Å². The van der Waals surface area contributed by atoms with Gasteiger partial charge in [0, 0.05) is 12.6 Å². The lowest BCUT2D eigenvalue weighted by Crippen LogP contribution is -2.49. The standard InChI is InChI=1S/C15H22N4O/c16-18-12-7-8-13(17-10-12)15(20)19-9-3-5-11-4-1-2-6-14(11)19/h7-8,10-11,14,18H,1-6,9,16H2. The first-order valence-corrected chi connectivity index (χ1v) is 7.53. The molecule has 20 heavy (non-hydrogen) atoms. The largest absolute Gasteiger partial charge is 0.334 e. The van der Waals surface area contributed by atoms with E-state index in [2.05, 4.69) is 15.3 Å². The minimum atomic E-state index is 0.0742. The van der Waals surface area contributed by atoms with Crippen LogP contribution >= 0.6 is 0 Å². The number of nitrogens with one attached hydrogen (secondary N) is 1. The highest BCUT2D eigenvalue weighted by atomic mass is 16.2. The van der Waals surface area contributed by atoms with Crippen molar-refractivity contribution in [3.05, 3.63) is 24.0 Å². The summed E-state index contributed by atoms with van der Waals surface area (Å²) in [5, 5.41) is 0. The van der Waals surface area contributed by atoms with Crippen molar-refractivity contribution in [2.45, 2.75) is 44.6 Å². The SMILES string of the molecule is NNc1ccc(C(=O)N2CCCC3CCCCC32)nc1. The fourth-order valence-electron chi connectivity index (χ4n) is 3.63. The van der Waals surface area contributed by atoms with Crippen LogP contribution in [0.5, 0.6) is 0 Å². The van der Waals surface area contributed by atoms with E-state index in [1.807, 2.05) is 0 Å². The number of rotatable bonds is 2. The van der Waals surface area contributed by atoms with Crippen LogP contribution in [0.15, 0.2) is 18.3 Å². The van der Waals surface area contributed by atoms with Crippen LogP contribution in [0.25, 0.3) is 0 Å². The number of aromatic nitrogens is 1. The number of likely N-dealkylation sites (tertiary alicyclic amines) is 1. The summed E-state index contributed by atoms with van der Waals surface area (Å²) in [4.78, 5) is 19.0. The molecule has 2 heterocycles.